The molecule has 17 heavy (non-hydrogen) atoms. The van der Waals surface area contributed by atoms with E-state index in [0.717, 1.165) is 5.57 Å². The maximum Gasteiger partial charge on any atom is 0.238 e. The Balaban J connectivity index is 2.91. The zero-order valence-electron chi connectivity index (χ0n) is 9.60. The molecular weight excluding hydrogens is 262 g/mol. The van der Waals surface area contributed by atoms with Crippen molar-refractivity contribution in [2.45, 2.75) is 18.7 Å². The molecule has 1 aromatic rings. The summed E-state index contributed by atoms with van der Waals surface area (Å²) in [6.07, 6.45) is 0. The number of nitrogens with two attached hydrogens (primary N) is 1. The van der Waals surface area contributed by atoms with Crippen molar-refractivity contribution in [3.8, 4) is 5.75 Å². The van der Waals surface area contributed by atoms with Crippen molar-refractivity contribution in [1.82, 2.24) is 0 Å². The first kappa shape index (κ1) is 14.0. The van der Waals surface area contributed by atoms with Crippen LogP contribution in [0.25, 0.3) is 0 Å². The van der Waals surface area contributed by atoms with Crippen molar-refractivity contribution in [2.75, 3.05) is 6.61 Å². The van der Waals surface area contributed by atoms with Crippen LogP contribution in [0.15, 0.2) is 34.2 Å². The maximum atomic E-state index is 11.1. The lowest BCUT2D eigenvalue weighted by atomic mass is 10.2. The van der Waals surface area contributed by atoms with Gasteiger partial charge in [-0.2, -0.15) is 0 Å². The molecule has 0 saturated carbocycles. The summed E-state index contributed by atoms with van der Waals surface area (Å²) in [4.78, 5) is 0.0759. The summed E-state index contributed by atoms with van der Waals surface area (Å²) in [6, 6.07) is 4.47. The Morgan fingerprint density at radius 1 is 1.53 bits per heavy atom. The predicted molar refractivity (Wildman–Crippen MR) is 67.7 cm³/mol. The van der Waals surface area contributed by atoms with E-state index in [9.17, 15) is 8.42 Å². The molecule has 0 aliphatic heterocycles. The molecule has 1 aromatic carbocycles. The number of ether oxygens (including phenoxy) is 1. The first-order valence-electron chi connectivity index (χ1n) is 4.86. The molecule has 0 aliphatic carbocycles. The molecule has 4 nitrogen and oxygen atoms in total. The van der Waals surface area contributed by atoms with Crippen LogP contribution in [0.3, 0.4) is 0 Å². The molecule has 0 amide bonds. The Morgan fingerprint density at radius 3 is 2.65 bits per heavy atom. The van der Waals surface area contributed by atoms with Crippen LogP contribution < -0.4 is 9.88 Å². The predicted octanol–water partition coefficient (Wildman–Crippen LogP) is 2.16. The Labute approximate surface area is 106 Å². The molecule has 0 aliphatic rings. The minimum absolute atomic E-state index is 0.0759. The van der Waals surface area contributed by atoms with Crippen LogP contribution in [0.2, 0.25) is 0 Å². The Hall–Kier alpha value is -1.04. The third-order valence-corrected chi connectivity index (χ3v) is 3.40. The number of sulfonamides is 1. The van der Waals surface area contributed by atoms with Gasteiger partial charge in [0.1, 0.15) is 12.4 Å². The van der Waals surface area contributed by atoms with E-state index < -0.39 is 10.0 Å². The molecule has 0 aromatic heterocycles. The highest BCUT2D eigenvalue weighted by atomic mass is 35.5. The normalized spacial score (nSPS) is 12.6. The summed E-state index contributed by atoms with van der Waals surface area (Å²) in [5.74, 6) is 0.607. The number of aryl methyl sites for hydroxylation is 1. The molecule has 0 atom stereocenters. The van der Waals surface area contributed by atoms with E-state index in [2.05, 4.69) is 0 Å². The quantitative estimate of drug-likeness (QED) is 0.915. The van der Waals surface area contributed by atoms with Crippen LogP contribution in [0.5, 0.6) is 5.75 Å². The van der Waals surface area contributed by atoms with E-state index in [-0.39, 0.29) is 4.90 Å². The molecule has 0 saturated heterocycles. The molecule has 0 unspecified atom stereocenters. The fraction of sp³-hybridized carbons (Fsp3) is 0.273. The minimum Gasteiger partial charge on any atom is -0.489 e. The van der Waals surface area contributed by atoms with E-state index in [1.807, 2.05) is 6.92 Å². The van der Waals surface area contributed by atoms with Gasteiger partial charge >= 0.3 is 0 Å². The first-order chi connectivity index (χ1) is 7.84. The van der Waals surface area contributed by atoms with Crippen LogP contribution in [-0.2, 0) is 10.0 Å². The highest BCUT2D eigenvalue weighted by Crippen LogP contribution is 2.21. The van der Waals surface area contributed by atoms with Crippen molar-refractivity contribution < 1.29 is 13.2 Å². The topological polar surface area (TPSA) is 69.4 Å². The van der Waals surface area contributed by atoms with E-state index >= 15 is 0 Å². The Kier molecular flexibility index (Phi) is 4.56. The highest BCUT2D eigenvalue weighted by molar-refractivity contribution is 7.89. The SMILES string of the molecule is C/C(=C/Cl)COc1ccc(S(N)(=O)=O)cc1C. The standard InChI is InChI=1S/C11H14ClNO3S/c1-8(6-12)7-16-11-4-3-10(5-9(11)2)17(13,14)15/h3-6H,7H2,1-2H3,(H2,13,14,15)/b8-6-. The summed E-state index contributed by atoms with van der Waals surface area (Å²) < 4.78 is 27.7. The third-order valence-electron chi connectivity index (χ3n) is 2.12. The van der Waals surface area contributed by atoms with Crippen LogP contribution >= 0.6 is 11.6 Å². The van der Waals surface area contributed by atoms with Crippen LogP contribution in [0, 0.1) is 6.92 Å². The van der Waals surface area contributed by atoms with E-state index in [0.29, 0.717) is 17.9 Å². The smallest absolute Gasteiger partial charge is 0.238 e. The van der Waals surface area contributed by atoms with Gasteiger partial charge in [-0.15, -0.1) is 0 Å². The van der Waals surface area contributed by atoms with Gasteiger partial charge in [0.05, 0.1) is 4.90 Å². The summed E-state index contributed by atoms with van der Waals surface area (Å²) in [7, 11) is -3.67. The number of hydrogen-bond acceptors (Lipinski definition) is 3. The number of rotatable bonds is 4. The zero-order chi connectivity index (χ0) is 13.1. The number of primary sulfonamides is 1. The van der Waals surface area contributed by atoms with Gasteiger partial charge in [-0.3, -0.25) is 0 Å². The van der Waals surface area contributed by atoms with Crippen LogP contribution in [-0.4, -0.2) is 15.0 Å². The molecular formula is C11H14ClNO3S. The molecule has 1 rings (SSSR count). The van der Waals surface area contributed by atoms with Crippen molar-refractivity contribution in [1.29, 1.82) is 0 Å². The molecule has 6 heteroatoms. The number of hydrogen-bond donors (Lipinski definition) is 1. The molecule has 2 N–H and O–H groups in total. The van der Waals surface area contributed by atoms with Crippen molar-refractivity contribution >= 4 is 21.6 Å². The summed E-state index contributed by atoms with van der Waals surface area (Å²) in [5.41, 5.74) is 3.02. The molecule has 0 radical (unpaired) electrons. The largest absolute Gasteiger partial charge is 0.489 e. The van der Waals surface area contributed by atoms with E-state index in [4.69, 9.17) is 21.5 Å². The Morgan fingerprint density at radius 2 is 2.18 bits per heavy atom. The number of halogens is 1. The molecule has 0 heterocycles. The molecule has 0 spiro atoms. The zero-order valence-corrected chi connectivity index (χ0v) is 11.2. The lowest BCUT2D eigenvalue weighted by Crippen LogP contribution is -2.12. The van der Waals surface area contributed by atoms with Gasteiger partial charge in [0, 0.05) is 5.54 Å². The molecule has 0 bridgehead atoms. The fourth-order valence-corrected chi connectivity index (χ4v) is 1.85. The average Bonchev–Trinajstić information content (AvgIpc) is 2.25. The van der Waals surface area contributed by atoms with E-state index in [1.54, 1.807) is 13.0 Å². The third kappa shape index (κ3) is 4.03. The van der Waals surface area contributed by atoms with Gasteiger partial charge in [-0.1, -0.05) is 11.6 Å². The second-order valence-corrected chi connectivity index (χ2v) is 5.50. The average molecular weight is 276 g/mol. The monoisotopic (exact) mass is 275 g/mol. The van der Waals surface area contributed by atoms with Crippen LogP contribution in [0.4, 0.5) is 0 Å². The summed E-state index contributed by atoms with van der Waals surface area (Å²) >= 11 is 5.51. The molecule has 94 valence electrons. The highest BCUT2D eigenvalue weighted by Gasteiger charge is 2.10. The maximum absolute atomic E-state index is 11.1. The lowest BCUT2D eigenvalue weighted by molar-refractivity contribution is 0.349. The summed E-state index contributed by atoms with van der Waals surface area (Å²) in [5, 5.41) is 5.02. The fourth-order valence-electron chi connectivity index (χ4n) is 1.18. The van der Waals surface area contributed by atoms with Gasteiger partial charge < -0.3 is 4.74 Å². The van der Waals surface area contributed by atoms with Crippen molar-refractivity contribution in [3.63, 3.8) is 0 Å². The summed E-state index contributed by atoms with van der Waals surface area (Å²) in [6.45, 7) is 3.95. The van der Waals surface area contributed by atoms with E-state index in [1.165, 1.54) is 17.7 Å². The number of benzene rings is 1. The first-order valence-corrected chi connectivity index (χ1v) is 6.85. The van der Waals surface area contributed by atoms with Crippen LogP contribution in [0.1, 0.15) is 12.5 Å². The molecule has 0 fully saturated rings. The van der Waals surface area contributed by atoms with Gasteiger partial charge in [-0.05, 0) is 43.2 Å². The van der Waals surface area contributed by atoms with Gasteiger partial charge in [0.2, 0.25) is 10.0 Å². The lowest BCUT2D eigenvalue weighted by Gasteiger charge is -2.10. The second kappa shape index (κ2) is 5.53. The van der Waals surface area contributed by atoms with Gasteiger partial charge in [0.15, 0.2) is 0 Å². The van der Waals surface area contributed by atoms with Gasteiger partial charge in [0.25, 0.3) is 0 Å². The minimum atomic E-state index is -3.67. The second-order valence-electron chi connectivity index (χ2n) is 3.72. The Bertz CT molecular complexity index is 538. The van der Waals surface area contributed by atoms with Gasteiger partial charge in [-0.25, -0.2) is 13.6 Å². The van der Waals surface area contributed by atoms with Crippen molar-refractivity contribution in [2.24, 2.45) is 5.14 Å². The van der Waals surface area contributed by atoms with Crippen molar-refractivity contribution in [3.05, 3.63) is 34.9 Å².